The van der Waals surface area contributed by atoms with E-state index < -0.39 is 5.54 Å². The average molecular weight is 267 g/mol. The van der Waals surface area contributed by atoms with Gasteiger partial charge in [0.1, 0.15) is 0 Å². The standard InChI is InChI=1S/C14H19ClN2O/c1-14(7-2-3-8-17-14)13(18)16-10-11-5-4-6-12(15)9-11/h4-6,9,17H,2-3,7-8,10H2,1H3,(H,16,18). The number of hydrogen-bond acceptors (Lipinski definition) is 2. The number of amides is 1. The lowest BCUT2D eigenvalue weighted by Crippen LogP contribution is -2.56. The Bertz CT molecular complexity index is 428. The molecule has 1 aliphatic rings. The zero-order valence-corrected chi connectivity index (χ0v) is 11.4. The first kappa shape index (κ1) is 13.4. The van der Waals surface area contributed by atoms with Crippen LogP contribution in [0.4, 0.5) is 0 Å². The molecule has 4 heteroatoms. The maximum Gasteiger partial charge on any atom is 0.240 e. The second kappa shape index (κ2) is 5.72. The van der Waals surface area contributed by atoms with Crippen LogP contribution in [-0.2, 0) is 11.3 Å². The van der Waals surface area contributed by atoms with E-state index in [0.29, 0.717) is 11.6 Å². The molecule has 0 spiro atoms. The van der Waals surface area contributed by atoms with Crippen molar-refractivity contribution in [3.8, 4) is 0 Å². The van der Waals surface area contributed by atoms with E-state index in [0.717, 1.165) is 31.4 Å². The summed E-state index contributed by atoms with van der Waals surface area (Å²) in [4.78, 5) is 12.2. The maximum atomic E-state index is 12.2. The van der Waals surface area contributed by atoms with Gasteiger partial charge in [0, 0.05) is 11.6 Å². The number of nitrogens with one attached hydrogen (secondary N) is 2. The van der Waals surface area contributed by atoms with Crippen molar-refractivity contribution >= 4 is 17.5 Å². The van der Waals surface area contributed by atoms with Crippen molar-refractivity contribution in [2.45, 2.75) is 38.3 Å². The Hall–Kier alpha value is -1.06. The van der Waals surface area contributed by atoms with Gasteiger partial charge in [-0.2, -0.15) is 0 Å². The first-order chi connectivity index (χ1) is 8.60. The Morgan fingerprint density at radius 2 is 2.33 bits per heavy atom. The number of rotatable bonds is 3. The molecule has 0 bridgehead atoms. The highest BCUT2D eigenvalue weighted by molar-refractivity contribution is 6.30. The molecular weight excluding hydrogens is 248 g/mol. The second-order valence-electron chi connectivity index (χ2n) is 5.03. The highest BCUT2D eigenvalue weighted by Gasteiger charge is 2.33. The fourth-order valence-corrected chi connectivity index (χ4v) is 2.49. The Balaban J connectivity index is 1.91. The average Bonchev–Trinajstić information content (AvgIpc) is 2.37. The van der Waals surface area contributed by atoms with Crippen molar-refractivity contribution in [1.29, 1.82) is 0 Å². The molecule has 1 aromatic rings. The lowest BCUT2D eigenvalue weighted by atomic mass is 9.90. The minimum Gasteiger partial charge on any atom is -0.350 e. The largest absolute Gasteiger partial charge is 0.350 e. The van der Waals surface area contributed by atoms with Gasteiger partial charge in [0.15, 0.2) is 0 Å². The van der Waals surface area contributed by atoms with Crippen molar-refractivity contribution in [2.75, 3.05) is 6.54 Å². The predicted molar refractivity (Wildman–Crippen MR) is 73.6 cm³/mol. The van der Waals surface area contributed by atoms with Crippen LogP contribution in [0.3, 0.4) is 0 Å². The number of halogens is 1. The molecule has 18 heavy (non-hydrogen) atoms. The van der Waals surface area contributed by atoms with E-state index in [1.807, 2.05) is 31.2 Å². The zero-order valence-electron chi connectivity index (χ0n) is 10.6. The van der Waals surface area contributed by atoms with E-state index in [9.17, 15) is 4.79 Å². The topological polar surface area (TPSA) is 41.1 Å². The third-order valence-electron chi connectivity index (χ3n) is 3.46. The molecule has 1 saturated heterocycles. The van der Waals surface area contributed by atoms with Gasteiger partial charge in [-0.25, -0.2) is 0 Å². The molecule has 0 radical (unpaired) electrons. The first-order valence-corrected chi connectivity index (χ1v) is 6.76. The molecule has 1 aromatic carbocycles. The Morgan fingerprint density at radius 3 is 3.00 bits per heavy atom. The summed E-state index contributed by atoms with van der Waals surface area (Å²) in [7, 11) is 0. The summed E-state index contributed by atoms with van der Waals surface area (Å²) in [6.45, 7) is 3.41. The molecule has 1 heterocycles. The smallest absolute Gasteiger partial charge is 0.240 e. The number of piperidine rings is 1. The van der Waals surface area contributed by atoms with Crippen molar-refractivity contribution in [2.24, 2.45) is 0 Å². The molecule has 2 N–H and O–H groups in total. The van der Waals surface area contributed by atoms with E-state index in [2.05, 4.69) is 10.6 Å². The number of carbonyl (C=O) groups excluding carboxylic acids is 1. The van der Waals surface area contributed by atoms with Crippen LogP contribution >= 0.6 is 11.6 Å². The van der Waals surface area contributed by atoms with E-state index in [4.69, 9.17) is 11.6 Å². The fraction of sp³-hybridized carbons (Fsp3) is 0.500. The molecule has 3 nitrogen and oxygen atoms in total. The molecule has 0 saturated carbocycles. The lowest BCUT2D eigenvalue weighted by Gasteiger charge is -2.33. The normalized spacial score (nSPS) is 23.7. The number of carbonyl (C=O) groups is 1. The van der Waals surface area contributed by atoms with Crippen molar-refractivity contribution < 1.29 is 4.79 Å². The summed E-state index contributed by atoms with van der Waals surface area (Å²) in [5.41, 5.74) is 0.604. The third kappa shape index (κ3) is 3.24. The molecule has 1 fully saturated rings. The van der Waals surface area contributed by atoms with Crippen LogP contribution in [0.15, 0.2) is 24.3 Å². The lowest BCUT2D eigenvalue weighted by molar-refractivity contribution is -0.128. The molecule has 0 aromatic heterocycles. The van der Waals surface area contributed by atoms with E-state index >= 15 is 0 Å². The van der Waals surface area contributed by atoms with Gasteiger partial charge >= 0.3 is 0 Å². The minimum absolute atomic E-state index is 0.0715. The number of benzene rings is 1. The first-order valence-electron chi connectivity index (χ1n) is 6.38. The van der Waals surface area contributed by atoms with Crippen LogP contribution in [-0.4, -0.2) is 18.0 Å². The summed E-state index contributed by atoms with van der Waals surface area (Å²) in [6.07, 6.45) is 3.15. The molecule has 1 amide bonds. The van der Waals surface area contributed by atoms with Crippen molar-refractivity contribution in [3.63, 3.8) is 0 Å². The van der Waals surface area contributed by atoms with E-state index in [1.165, 1.54) is 0 Å². The van der Waals surface area contributed by atoms with E-state index in [1.54, 1.807) is 0 Å². The number of hydrogen-bond donors (Lipinski definition) is 2. The molecule has 1 unspecified atom stereocenters. The minimum atomic E-state index is -0.420. The van der Waals surface area contributed by atoms with Crippen LogP contribution in [0.1, 0.15) is 31.7 Å². The van der Waals surface area contributed by atoms with E-state index in [-0.39, 0.29) is 5.91 Å². The van der Waals surface area contributed by atoms with Crippen LogP contribution in [0.2, 0.25) is 5.02 Å². The summed E-state index contributed by atoms with van der Waals surface area (Å²) < 4.78 is 0. The predicted octanol–water partition coefficient (Wildman–Crippen LogP) is 2.49. The van der Waals surface area contributed by atoms with Gasteiger partial charge in [-0.05, 0) is 50.4 Å². The zero-order chi connectivity index (χ0) is 13.0. The van der Waals surface area contributed by atoms with Gasteiger partial charge in [0.05, 0.1) is 5.54 Å². The van der Waals surface area contributed by atoms with Crippen molar-refractivity contribution in [3.05, 3.63) is 34.9 Å². The molecule has 98 valence electrons. The highest BCUT2D eigenvalue weighted by atomic mass is 35.5. The molecule has 1 atom stereocenters. The van der Waals surface area contributed by atoms with Crippen LogP contribution < -0.4 is 10.6 Å². The molecular formula is C14H19ClN2O. The Kier molecular flexibility index (Phi) is 4.25. The highest BCUT2D eigenvalue weighted by Crippen LogP contribution is 2.19. The quantitative estimate of drug-likeness (QED) is 0.883. The summed E-state index contributed by atoms with van der Waals surface area (Å²) in [5.74, 6) is 0.0715. The molecule has 1 aliphatic heterocycles. The second-order valence-corrected chi connectivity index (χ2v) is 5.47. The third-order valence-corrected chi connectivity index (χ3v) is 3.70. The Morgan fingerprint density at radius 1 is 1.50 bits per heavy atom. The molecule has 2 rings (SSSR count). The maximum absolute atomic E-state index is 12.2. The Labute approximate surface area is 113 Å². The van der Waals surface area contributed by atoms with Gasteiger partial charge in [-0.15, -0.1) is 0 Å². The van der Waals surface area contributed by atoms with Crippen molar-refractivity contribution in [1.82, 2.24) is 10.6 Å². The van der Waals surface area contributed by atoms with Gasteiger partial charge in [-0.3, -0.25) is 4.79 Å². The monoisotopic (exact) mass is 266 g/mol. The van der Waals surface area contributed by atoms with Gasteiger partial charge in [0.2, 0.25) is 5.91 Å². The van der Waals surface area contributed by atoms with Gasteiger partial charge < -0.3 is 10.6 Å². The summed E-state index contributed by atoms with van der Waals surface area (Å²) >= 11 is 5.91. The SMILES string of the molecule is CC1(C(=O)NCc2cccc(Cl)c2)CCCCN1. The summed E-state index contributed by atoms with van der Waals surface area (Å²) in [5, 5.41) is 6.98. The fourth-order valence-electron chi connectivity index (χ4n) is 2.27. The summed E-state index contributed by atoms with van der Waals surface area (Å²) in [6, 6.07) is 7.56. The van der Waals surface area contributed by atoms with Crippen LogP contribution in [0.25, 0.3) is 0 Å². The van der Waals surface area contributed by atoms with Gasteiger partial charge in [-0.1, -0.05) is 23.7 Å². The van der Waals surface area contributed by atoms with Crippen LogP contribution in [0.5, 0.6) is 0 Å². The molecule has 0 aliphatic carbocycles. The van der Waals surface area contributed by atoms with Gasteiger partial charge in [0.25, 0.3) is 0 Å². The van der Waals surface area contributed by atoms with Crippen LogP contribution in [0, 0.1) is 0 Å².